The lowest BCUT2D eigenvalue weighted by Gasteiger charge is -2.49. The number of halogens is 1. The second kappa shape index (κ2) is 4.39. The summed E-state index contributed by atoms with van der Waals surface area (Å²) < 4.78 is 12.8. The molecule has 3 heterocycles. The van der Waals surface area contributed by atoms with Crippen LogP contribution in [0.2, 0.25) is 0 Å². The molecule has 4 rings (SSSR count). The van der Waals surface area contributed by atoms with Crippen molar-refractivity contribution in [2.24, 2.45) is 5.92 Å². The third-order valence-electron chi connectivity index (χ3n) is 4.28. The standard InChI is InChI=1S/C14H18FNO/c15-12-3-1-10(2-4-12)9-13-14(17)11-5-7-16(13)8-6-11/h1-4,11,13-14,17H,5-9H2. The van der Waals surface area contributed by atoms with Crippen LogP contribution in [0.25, 0.3) is 0 Å². The number of hydrogen-bond acceptors (Lipinski definition) is 2. The zero-order chi connectivity index (χ0) is 11.8. The van der Waals surface area contributed by atoms with Crippen LogP contribution in [0.4, 0.5) is 4.39 Å². The van der Waals surface area contributed by atoms with Gasteiger partial charge in [0.05, 0.1) is 6.10 Å². The van der Waals surface area contributed by atoms with Crippen molar-refractivity contribution in [2.45, 2.75) is 31.4 Å². The molecule has 0 radical (unpaired) electrons. The highest BCUT2D eigenvalue weighted by molar-refractivity contribution is 5.18. The van der Waals surface area contributed by atoms with Gasteiger partial charge in [-0.15, -0.1) is 0 Å². The molecule has 1 aromatic carbocycles. The van der Waals surface area contributed by atoms with Crippen molar-refractivity contribution in [3.8, 4) is 0 Å². The number of aliphatic hydroxyl groups is 1. The van der Waals surface area contributed by atoms with Crippen LogP contribution in [0.1, 0.15) is 18.4 Å². The van der Waals surface area contributed by atoms with Crippen LogP contribution in [-0.4, -0.2) is 35.2 Å². The zero-order valence-corrected chi connectivity index (χ0v) is 9.85. The molecule has 0 amide bonds. The van der Waals surface area contributed by atoms with E-state index in [4.69, 9.17) is 0 Å². The first-order valence-corrected chi connectivity index (χ1v) is 6.40. The fraction of sp³-hybridized carbons (Fsp3) is 0.571. The number of benzene rings is 1. The fourth-order valence-corrected chi connectivity index (χ4v) is 3.23. The average Bonchev–Trinajstić information content (AvgIpc) is 2.37. The third-order valence-corrected chi connectivity index (χ3v) is 4.28. The van der Waals surface area contributed by atoms with Gasteiger partial charge in [-0.2, -0.15) is 0 Å². The minimum atomic E-state index is -0.206. The second-order valence-electron chi connectivity index (χ2n) is 5.26. The Kier molecular flexibility index (Phi) is 2.89. The van der Waals surface area contributed by atoms with Gasteiger partial charge in [0.1, 0.15) is 5.82 Å². The summed E-state index contributed by atoms with van der Waals surface area (Å²) >= 11 is 0. The van der Waals surface area contributed by atoms with Crippen molar-refractivity contribution in [1.82, 2.24) is 4.90 Å². The van der Waals surface area contributed by atoms with Crippen LogP contribution in [0.5, 0.6) is 0 Å². The molecular formula is C14H18FNO. The SMILES string of the molecule is OC1C2CCN(CC2)C1Cc1ccc(F)cc1. The summed E-state index contributed by atoms with van der Waals surface area (Å²) in [6.45, 7) is 2.21. The van der Waals surface area contributed by atoms with Crippen molar-refractivity contribution in [3.63, 3.8) is 0 Å². The van der Waals surface area contributed by atoms with Crippen LogP contribution < -0.4 is 0 Å². The van der Waals surface area contributed by atoms with Crippen molar-refractivity contribution in [3.05, 3.63) is 35.6 Å². The molecule has 1 N–H and O–H groups in total. The molecule has 2 bridgehead atoms. The Morgan fingerprint density at radius 2 is 1.82 bits per heavy atom. The van der Waals surface area contributed by atoms with E-state index in [-0.39, 0.29) is 18.0 Å². The van der Waals surface area contributed by atoms with Gasteiger partial charge < -0.3 is 5.11 Å². The Morgan fingerprint density at radius 1 is 1.18 bits per heavy atom. The van der Waals surface area contributed by atoms with Crippen LogP contribution in [0.15, 0.2) is 24.3 Å². The molecule has 0 spiro atoms. The fourth-order valence-electron chi connectivity index (χ4n) is 3.23. The normalized spacial score (nSPS) is 36.1. The van der Waals surface area contributed by atoms with E-state index in [9.17, 15) is 9.50 Å². The van der Waals surface area contributed by atoms with Crippen LogP contribution in [-0.2, 0) is 6.42 Å². The average molecular weight is 235 g/mol. The first-order chi connectivity index (χ1) is 8.24. The Hall–Kier alpha value is -0.930. The maximum Gasteiger partial charge on any atom is 0.123 e. The highest BCUT2D eigenvalue weighted by atomic mass is 19.1. The van der Waals surface area contributed by atoms with E-state index in [1.165, 1.54) is 12.1 Å². The van der Waals surface area contributed by atoms with Gasteiger partial charge in [0, 0.05) is 6.04 Å². The minimum absolute atomic E-state index is 0.195. The molecule has 3 saturated heterocycles. The van der Waals surface area contributed by atoms with Crippen molar-refractivity contribution < 1.29 is 9.50 Å². The smallest absolute Gasteiger partial charge is 0.123 e. The molecule has 2 atom stereocenters. The Bertz CT molecular complexity index is 382. The predicted octanol–water partition coefficient (Wildman–Crippen LogP) is 1.82. The minimum Gasteiger partial charge on any atom is -0.391 e. The van der Waals surface area contributed by atoms with Crippen LogP contribution in [0.3, 0.4) is 0 Å². The quantitative estimate of drug-likeness (QED) is 0.845. The lowest BCUT2D eigenvalue weighted by atomic mass is 9.78. The van der Waals surface area contributed by atoms with Gasteiger partial charge in [-0.05, 0) is 56.0 Å². The van der Waals surface area contributed by atoms with Crippen LogP contribution in [0, 0.1) is 11.7 Å². The van der Waals surface area contributed by atoms with Crippen molar-refractivity contribution in [2.75, 3.05) is 13.1 Å². The molecular weight excluding hydrogens is 217 g/mol. The molecule has 2 nitrogen and oxygen atoms in total. The van der Waals surface area contributed by atoms with Crippen LogP contribution >= 0.6 is 0 Å². The van der Waals surface area contributed by atoms with Crippen molar-refractivity contribution >= 4 is 0 Å². The van der Waals surface area contributed by atoms with E-state index >= 15 is 0 Å². The van der Waals surface area contributed by atoms with E-state index in [1.54, 1.807) is 0 Å². The maximum absolute atomic E-state index is 12.8. The lowest BCUT2D eigenvalue weighted by molar-refractivity contribution is -0.0715. The van der Waals surface area contributed by atoms with E-state index in [0.29, 0.717) is 5.92 Å². The molecule has 0 aliphatic carbocycles. The van der Waals surface area contributed by atoms with E-state index < -0.39 is 0 Å². The Morgan fingerprint density at radius 3 is 2.41 bits per heavy atom. The number of fused-ring (bicyclic) bond motifs is 3. The second-order valence-corrected chi connectivity index (χ2v) is 5.26. The summed E-state index contributed by atoms with van der Waals surface area (Å²) in [7, 11) is 0. The van der Waals surface area contributed by atoms with Crippen molar-refractivity contribution in [1.29, 1.82) is 0 Å². The summed E-state index contributed by atoms with van der Waals surface area (Å²) in [5.74, 6) is 0.283. The molecule has 17 heavy (non-hydrogen) atoms. The molecule has 0 saturated carbocycles. The van der Waals surface area contributed by atoms with Gasteiger partial charge in [-0.3, -0.25) is 4.90 Å². The summed E-state index contributed by atoms with van der Waals surface area (Å²) in [5, 5.41) is 10.3. The number of nitrogens with zero attached hydrogens (tertiary/aromatic N) is 1. The zero-order valence-electron chi connectivity index (χ0n) is 9.85. The van der Waals surface area contributed by atoms with Gasteiger partial charge in [0.25, 0.3) is 0 Å². The van der Waals surface area contributed by atoms with Gasteiger partial charge in [-0.25, -0.2) is 4.39 Å². The molecule has 2 unspecified atom stereocenters. The van der Waals surface area contributed by atoms with Gasteiger partial charge >= 0.3 is 0 Å². The Labute approximate surface area is 101 Å². The first-order valence-electron chi connectivity index (χ1n) is 6.40. The molecule has 3 fully saturated rings. The molecule has 3 heteroatoms. The molecule has 92 valence electrons. The number of piperidine rings is 3. The highest BCUT2D eigenvalue weighted by Crippen LogP contribution is 2.33. The topological polar surface area (TPSA) is 23.5 Å². The van der Waals surface area contributed by atoms with E-state index in [2.05, 4.69) is 4.90 Å². The number of aliphatic hydroxyl groups excluding tert-OH is 1. The largest absolute Gasteiger partial charge is 0.391 e. The summed E-state index contributed by atoms with van der Waals surface area (Å²) in [4.78, 5) is 2.38. The Balaban J connectivity index is 1.74. The first kappa shape index (κ1) is 11.2. The molecule has 3 aliphatic rings. The number of hydrogen-bond donors (Lipinski definition) is 1. The molecule has 1 aromatic rings. The number of rotatable bonds is 2. The monoisotopic (exact) mass is 235 g/mol. The highest BCUT2D eigenvalue weighted by Gasteiger charge is 2.40. The van der Waals surface area contributed by atoms with Gasteiger partial charge in [0.15, 0.2) is 0 Å². The summed E-state index contributed by atoms with van der Waals surface area (Å²) in [6, 6.07) is 6.88. The third kappa shape index (κ3) is 2.09. The van der Waals surface area contributed by atoms with Gasteiger partial charge in [0.2, 0.25) is 0 Å². The van der Waals surface area contributed by atoms with Gasteiger partial charge in [-0.1, -0.05) is 12.1 Å². The van der Waals surface area contributed by atoms with E-state index in [0.717, 1.165) is 37.9 Å². The van der Waals surface area contributed by atoms with E-state index in [1.807, 2.05) is 12.1 Å². The summed E-state index contributed by atoms with van der Waals surface area (Å²) in [6.07, 6.45) is 2.88. The maximum atomic E-state index is 12.8. The summed E-state index contributed by atoms with van der Waals surface area (Å²) in [5.41, 5.74) is 1.11. The lowest BCUT2D eigenvalue weighted by Crippen LogP contribution is -2.58. The predicted molar refractivity (Wildman–Crippen MR) is 64.2 cm³/mol. The molecule has 3 aliphatic heterocycles. The molecule has 0 aromatic heterocycles.